The van der Waals surface area contributed by atoms with Crippen LogP contribution in [0.25, 0.3) is 5.69 Å². The van der Waals surface area contributed by atoms with Crippen molar-refractivity contribution in [2.24, 2.45) is 0 Å². The first kappa shape index (κ1) is 21.1. The van der Waals surface area contributed by atoms with Gasteiger partial charge in [-0.2, -0.15) is 4.68 Å². The van der Waals surface area contributed by atoms with Gasteiger partial charge in [0.1, 0.15) is 0 Å². The normalized spacial score (nSPS) is 14.3. The van der Waals surface area contributed by atoms with Crippen LogP contribution >= 0.6 is 11.8 Å². The number of tetrazole rings is 1. The molecule has 156 valence electrons. The molecule has 10 heteroatoms. The molecule has 1 aromatic heterocycles. The molecule has 0 unspecified atom stereocenters. The van der Waals surface area contributed by atoms with Crippen LogP contribution in [0.15, 0.2) is 29.4 Å². The fourth-order valence-corrected chi connectivity index (χ4v) is 3.80. The van der Waals surface area contributed by atoms with Crippen molar-refractivity contribution in [3.8, 4) is 5.69 Å². The largest absolute Gasteiger partial charge is 0.450 e. The van der Waals surface area contributed by atoms with Crippen LogP contribution in [0, 0.1) is 0 Å². The number of carbonyl (C=O) groups is 2. The quantitative estimate of drug-likeness (QED) is 0.664. The van der Waals surface area contributed by atoms with E-state index in [2.05, 4.69) is 41.5 Å². The minimum Gasteiger partial charge on any atom is -0.450 e. The Morgan fingerprint density at radius 3 is 2.38 bits per heavy atom. The molecular formula is C19H26N6O3S. The van der Waals surface area contributed by atoms with Crippen molar-refractivity contribution >= 4 is 23.8 Å². The molecule has 0 spiro atoms. The maximum Gasteiger partial charge on any atom is 0.409 e. The van der Waals surface area contributed by atoms with E-state index in [0.717, 1.165) is 5.69 Å². The van der Waals surface area contributed by atoms with Crippen molar-refractivity contribution in [3.63, 3.8) is 0 Å². The van der Waals surface area contributed by atoms with E-state index in [1.54, 1.807) is 21.4 Å². The lowest BCUT2D eigenvalue weighted by Gasteiger charge is -2.33. The molecule has 0 bridgehead atoms. The molecular weight excluding hydrogens is 392 g/mol. The summed E-state index contributed by atoms with van der Waals surface area (Å²) >= 11 is 1.31. The molecule has 0 radical (unpaired) electrons. The lowest BCUT2D eigenvalue weighted by molar-refractivity contribution is -0.129. The van der Waals surface area contributed by atoms with E-state index in [0.29, 0.717) is 43.9 Å². The Morgan fingerprint density at radius 2 is 1.76 bits per heavy atom. The predicted octanol–water partition coefficient (Wildman–Crippen LogP) is 2.18. The van der Waals surface area contributed by atoms with E-state index >= 15 is 0 Å². The van der Waals surface area contributed by atoms with Gasteiger partial charge in [0, 0.05) is 26.2 Å². The first-order chi connectivity index (χ1) is 14.0. The van der Waals surface area contributed by atoms with Crippen molar-refractivity contribution in [3.05, 3.63) is 29.8 Å². The zero-order valence-corrected chi connectivity index (χ0v) is 17.8. The van der Waals surface area contributed by atoms with Crippen LogP contribution in [0.1, 0.15) is 32.3 Å². The highest BCUT2D eigenvalue weighted by Crippen LogP contribution is 2.21. The highest BCUT2D eigenvalue weighted by Gasteiger charge is 2.25. The van der Waals surface area contributed by atoms with Gasteiger partial charge in [-0.15, -0.1) is 5.10 Å². The fourth-order valence-electron chi connectivity index (χ4n) is 3.00. The van der Waals surface area contributed by atoms with Gasteiger partial charge >= 0.3 is 6.09 Å². The SMILES string of the molecule is CCOC(=O)N1CCN(C(=O)CSc2nnnn2-c2ccc(C(C)C)cc2)CC1. The number of benzene rings is 1. The van der Waals surface area contributed by atoms with Gasteiger partial charge in [0.05, 0.1) is 18.0 Å². The lowest BCUT2D eigenvalue weighted by atomic mass is 10.0. The Bertz CT molecular complexity index is 831. The van der Waals surface area contributed by atoms with Crippen molar-refractivity contribution in [1.29, 1.82) is 0 Å². The molecule has 1 aromatic carbocycles. The second kappa shape index (κ2) is 9.73. The molecule has 0 atom stereocenters. The van der Waals surface area contributed by atoms with E-state index in [1.807, 2.05) is 12.1 Å². The molecule has 9 nitrogen and oxygen atoms in total. The van der Waals surface area contributed by atoms with Crippen molar-refractivity contribution < 1.29 is 14.3 Å². The lowest BCUT2D eigenvalue weighted by Crippen LogP contribution is -2.51. The molecule has 2 heterocycles. The maximum atomic E-state index is 12.6. The van der Waals surface area contributed by atoms with Crippen LogP contribution in [-0.2, 0) is 9.53 Å². The number of thioether (sulfide) groups is 1. The summed E-state index contributed by atoms with van der Waals surface area (Å²) in [6, 6.07) is 8.08. The highest BCUT2D eigenvalue weighted by molar-refractivity contribution is 7.99. The van der Waals surface area contributed by atoms with Gasteiger partial charge in [0.15, 0.2) is 0 Å². The van der Waals surface area contributed by atoms with Gasteiger partial charge in [-0.3, -0.25) is 4.79 Å². The Labute approximate surface area is 174 Å². The summed E-state index contributed by atoms with van der Waals surface area (Å²) in [7, 11) is 0. The standard InChI is InChI=1S/C19H26N6O3S/c1-4-28-19(27)24-11-9-23(10-12-24)17(26)13-29-18-20-21-22-25(18)16-7-5-15(6-8-16)14(2)3/h5-8,14H,4,9-13H2,1-3H3. The maximum absolute atomic E-state index is 12.6. The number of ether oxygens (including phenoxy) is 1. The zero-order valence-electron chi connectivity index (χ0n) is 16.9. The van der Waals surface area contributed by atoms with E-state index in [4.69, 9.17) is 4.74 Å². The van der Waals surface area contributed by atoms with E-state index in [9.17, 15) is 9.59 Å². The monoisotopic (exact) mass is 418 g/mol. The molecule has 1 fully saturated rings. The van der Waals surface area contributed by atoms with Gasteiger partial charge in [-0.25, -0.2) is 4.79 Å². The summed E-state index contributed by atoms with van der Waals surface area (Å²) in [5.74, 6) is 0.695. The second-order valence-corrected chi connectivity index (χ2v) is 7.92. The molecule has 1 aliphatic heterocycles. The highest BCUT2D eigenvalue weighted by atomic mass is 32.2. The Morgan fingerprint density at radius 1 is 1.10 bits per heavy atom. The molecule has 29 heavy (non-hydrogen) atoms. The summed E-state index contributed by atoms with van der Waals surface area (Å²) in [5, 5.41) is 12.4. The molecule has 2 aromatic rings. The molecule has 0 N–H and O–H groups in total. The number of piperazine rings is 1. The topological polar surface area (TPSA) is 93.4 Å². The van der Waals surface area contributed by atoms with Crippen molar-refractivity contribution in [2.45, 2.75) is 31.8 Å². The van der Waals surface area contributed by atoms with Crippen LogP contribution in [0.2, 0.25) is 0 Å². The first-order valence-corrected chi connectivity index (χ1v) is 10.7. The summed E-state index contributed by atoms with van der Waals surface area (Å²) in [4.78, 5) is 27.7. The predicted molar refractivity (Wildman–Crippen MR) is 109 cm³/mol. The van der Waals surface area contributed by atoms with Crippen LogP contribution in [-0.4, -0.2) is 80.5 Å². The molecule has 1 saturated heterocycles. The number of nitrogens with zero attached hydrogens (tertiary/aromatic N) is 6. The van der Waals surface area contributed by atoms with E-state index in [1.165, 1.54) is 17.3 Å². The Balaban J connectivity index is 1.54. The number of amides is 2. The van der Waals surface area contributed by atoms with Crippen molar-refractivity contribution in [2.75, 3.05) is 38.5 Å². The third-order valence-corrected chi connectivity index (χ3v) is 5.63. The van der Waals surface area contributed by atoms with Crippen molar-refractivity contribution in [1.82, 2.24) is 30.0 Å². The fraction of sp³-hybridized carbons (Fsp3) is 0.526. The molecule has 1 aliphatic rings. The van der Waals surface area contributed by atoms with Gasteiger partial charge < -0.3 is 14.5 Å². The Hall–Kier alpha value is -2.62. The zero-order chi connectivity index (χ0) is 20.8. The second-order valence-electron chi connectivity index (χ2n) is 6.97. The number of hydrogen-bond acceptors (Lipinski definition) is 7. The average molecular weight is 419 g/mol. The molecule has 2 amide bonds. The number of rotatable bonds is 6. The number of hydrogen-bond donors (Lipinski definition) is 0. The van der Waals surface area contributed by atoms with Gasteiger partial charge in [-0.05, 0) is 41.0 Å². The minimum absolute atomic E-state index is 0.00298. The summed E-state index contributed by atoms with van der Waals surface area (Å²) < 4.78 is 6.64. The van der Waals surface area contributed by atoms with Crippen LogP contribution in [0.3, 0.4) is 0 Å². The summed E-state index contributed by atoms with van der Waals surface area (Å²) in [5.41, 5.74) is 2.10. The molecule has 0 saturated carbocycles. The molecule has 0 aliphatic carbocycles. The van der Waals surface area contributed by atoms with Crippen LogP contribution < -0.4 is 0 Å². The average Bonchev–Trinajstić information content (AvgIpc) is 3.21. The summed E-state index contributed by atoms with van der Waals surface area (Å²) in [6.45, 7) is 8.38. The number of aromatic nitrogens is 4. The van der Waals surface area contributed by atoms with Gasteiger partial charge in [0.25, 0.3) is 0 Å². The third kappa shape index (κ3) is 5.26. The first-order valence-electron chi connectivity index (χ1n) is 9.70. The van der Waals surface area contributed by atoms with Crippen LogP contribution in [0.5, 0.6) is 0 Å². The van der Waals surface area contributed by atoms with E-state index < -0.39 is 0 Å². The smallest absolute Gasteiger partial charge is 0.409 e. The number of carbonyl (C=O) groups excluding carboxylic acids is 2. The van der Waals surface area contributed by atoms with Gasteiger partial charge in [0.2, 0.25) is 11.1 Å². The van der Waals surface area contributed by atoms with Crippen LogP contribution in [0.4, 0.5) is 4.79 Å². The minimum atomic E-state index is -0.323. The van der Waals surface area contributed by atoms with E-state index in [-0.39, 0.29) is 17.8 Å². The molecule has 3 rings (SSSR count). The Kier molecular flexibility index (Phi) is 7.08. The van der Waals surface area contributed by atoms with Gasteiger partial charge in [-0.1, -0.05) is 37.7 Å². The summed E-state index contributed by atoms with van der Waals surface area (Å²) in [6.07, 6.45) is -0.323. The third-order valence-electron chi connectivity index (χ3n) is 4.73.